The van der Waals surface area contributed by atoms with Gasteiger partial charge >= 0.3 is 5.69 Å². The molecule has 0 aliphatic carbocycles. The fraction of sp³-hybridized carbons (Fsp3) is 0. The number of rotatable bonds is 2. The van der Waals surface area contributed by atoms with Crippen molar-refractivity contribution in [3.8, 4) is 11.3 Å². The van der Waals surface area contributed by atoms with Gasteiger partial charge < -0.3 is 4.42 Å². The van der Waals surface area contributed by atoms with Gasteiger partial charge in [-0.3, -0.25) is 10.1 Å². The highest BCUT2D eigenvalue weighted by Crippen LogP contribution is 2.31. The third-order valence-electron chi connectivity index (χ3n) is 1.96. The second kappa shape index (κ2) is 3.53. The Balaban J connectivity index is 2.66. The summed E-state index contributed by atoms with van der Waals surface area (Å²) in [5.41, 5.74) is -0.419. The molecule has 15 heavy (non-hydrogen) atoms. The Labute approximate surface area is 84.1 Å². The maximum absolute atomic E-state index is 13.2. The number of furan rings is 1. The lowest BCUT2D eigenvalue weighted by Crippen LogP contribution is -1.94. The zero-order chi connectivity index (χ0) is 10.8. The van der Waals surface area contributed by atoms with Crippen molar-refractivity contribution in [2.45, 2.75) is 0 Å². The topological polar surface area (TPSA) is 56.3 Å². The highest BCUT2D eigenvalue weighted by Gasteiger charge is 2.22. The molecule has 76 valence electrons. The molecule has 0 saturated heterocycles. The Morgan fingerprint density at radius 1 is 1.27 bits per heavy atom. The van der Waals surface area contributed by atoms with Crippen LogP contribution in [0.3, 0.4) is 0 Å². The first-order valence-electron chi connectivity index (χ1n) is 4.17. The molecule has 1 heterocycles. The molecule has 0 spiro atoms. The van der Waals surface area contributed by atoms with Gasteiger partial charge in [0, 0.05) is 0 Å². The maximum Gasteiger partial charge on any atom is 0.315 e. The molecular formula is C10H6FNO3. The lowest BCUT2D eigenvalue weighted by molar-refractivity contribution is -0.386. The number of hydrogen-bond donors (Lipinski definition) is 0. The van der Waals surface area contributed by atoms with Gasteiger partial charge in [0.25, 0.3) is 0 Å². The summed E-state index contributed by atoms with van der Waals surface area (Å²) >= 11 is 0. The summed E-state index contributed by atoms with van der Waals surface area (Å²) in [7, 11) is 0. The quantitative estimate of drug-likeness (QED) is 0.561. The van der Waals surface area contributed by atoms with Crippen LogP contribution in [0, 0.1) is 15.9 Å². The monoisotopic (exact) mass is 207 g/mol. The van der Waals surface area contributed by atoms with Gasteiger partial charge in [0.15, 0.2) is 0 Å². The molecule has 0 saturated carbocycles. The smallest absolute Gasteiger partial charge is 0.315 e. The Kier molecular flexibility index (Phi) is 2.21. The van der Waals surface area contributed by atoms with E-state index in [-0.39, 0.29) is 11.3 Å². The Bertz CT molecular complexity index is 493. The van der Waals surface area contributed by atoms with Crippen LogP contribution < -0.4 is 0 Å². The van der Waals surface area contributed by atoms with Crippen LogP contribution in [0.25, 0.3) is 11.3 Å². The highest BCUT2D eigenvalue weighted by molar-refractivity contribution is 5.69. The zero-order valence-corrected chi connectivity index (χ0v) is 7.51. The van der Waals surface area contributed by atoms with Gasteiger partial charge in [-0.15, -0.1) is 0 Å². The summed E-state index contributed by atoms with van der Waals surface area (Å²) < 4.78 is 18.2. The van der Waals surface area contributed by atoms with E-state index in [1.807, 2.05) is 0 Å². The summed E-state index contributed by atoms with van der Waals surface area (Å²) in [6.07, 6.45) is 1.38. The van der Waals surface area contributed by atoms with Crippen molar-refractivity contribution in [2.24, 2.45) is 0 Å². The summed E-state index contributed by atoms with van der Waals surface area (Å²) in [5.74, 6) is -0.588. The first kappa shape index (κ1) is 9.39. The number of nitrogens with zero attached hydrogens (tertiary/aromatic N) is 1. The van der Waals surface area contributed by atoms with E-state index in [0.29, 0.717) is 0 Å². The Morgan fingerprint density at radius 2 is 2.07 bits per heavy atom. The van der Waals surface area contributed by atoms with Crippen molar-refractivity contribution < 1.29 is 13.7 Å². The molecule has 2 aromatic rings. The normalized spacial score (nSPS) is 10.2. The van der Waals surface area contributed by atoms with Crippen LogP contribution in [0.15, 0.2) is 41.0 Å². The van der Waals surface area contributed by atoms with E-state index in [1.165, 1.54) is 18.4 Å². The third kappa shape index (κ3) is 1.59. The molecule has 0 bridgehead atoms. The SMILES string of the molecule is O=[N+]([O-])c1c(F)cccc1-c1ccco1. The average Bonchev–Trinajstić information content (AvgIpc) is 2.69. The summed E-state index contributed by atoms with van der Waals surface area (Å²) in [4.78, 5) is 9.90. The van der Waals surface area contributed by atoms with Gasteiger partial charge in [-0.05, 0) is 24.3 Å². The summed E-state index contributed by atoms with van der Waals surface area (Å²) in [6.45, 7) is 0. The second-order valence-electron chi connectivity index (χ2n) is 2.87. The minimum absolute atomic E-state index is 0.144. The van der Waals surface area contributed by atoms with E-state index in [4.69, 9.17) is 4.42 Å². The Hall–Kier alpha value is -2.17. The van der Waals surface area contributed by atoms with E-state index in [2.05, 4.69) is 0 Å². The fourth-order valence-corrected chi connectivity index (χ4v) is 1.33. The molecule has 0 unspecified atom stereocenters. The molecule has 0 radical (unpaired) electrons. The van der Waals surface area contributed by atoms with Crippen LogP contribution in [0.4, 0.5) is 10.1 Å². The molecule has 5 heteroatoms. The molecule has 0 fully saturated rings. The van der Waals surface area contributed by atoms with Crippen molar-refractivity contribution in [2.75, 3.05) is 0 Å². The first-order valence-corrected chi connectivity index (χ1v) is 4.17. The number of benzene rings is 1. The van der Waals surface area contributed by atoms with Crippen molar-refractivity contribution in [1.82, 2.24) is 0 Å². The lowest BCUT2D eigenvalue weighted by Gasteiger charge is -1.99. The van der Waals surface area contributed by atoms with Crippen LogP contribution in [0.1, 0.15) is 0 Å². The number of halogens is 1. The zero-order valence-electron chi connectivity index (χ0n) is 7.51. The van der Waals surface area contributed by atoms with Gasteiger partial charge in [-0.1, -0.05) is 6.07 Å². The molecule has 0 aliphatic rings. The van der Waals surface area contributed by atoms with Crippen LogP contribution >= 0.6 is 0 Å². The molecule has 1 aromatic carbocycles. The van der Waals surface area contributed by atoms with Crippen molar-refractivity contribution in [3.05, 3.63) is 52.5 Å². The number of para-hydroxylation sites is 1. The molecule has 0 N–H and O–H groups in total. The van der Waals surface area contributed by atoms with Crippen LogP contribution in [0.2, 0.25) is 0 Å². The van der Waals surface area contributed by atoms with Crippen LogP contribution in [0.5, 0.6) is 0 Å². The Morgan fingerprint density at radius 3 is 2.67 bits per heavy atom. The van der Waals surface area contributed by atoms with E-state index in [9.17, 15) is 14.5 Å². The van der Waals surface area contributed by atoms with Gasteiger partial charge in [-0.2, -0.15) is 4.39 Å². The standard InChI is InChI=1S/C10H6FNO3/c11-8-4-1-3-7(10(8)12(13)14)9-5-2-6-15-9/h1-6H. The van der Waals surface area contributed by atoms with Crippen molar-refractivity contribution in [3.63, 3.8) is 0 Å². The molecule has 1 aromatic heterocycles. The molecule has 0 aliphatic heterocycles. The van der Waals surface area contributed by atoms with Crippen LogP contribution in [-0.2, 0) is 0 Å². The van der Waals surface area contributed by atoms with Crippen molar-refractivity contribution in [1.29, 1.82) is 0 Å². The van der Waals surface area contributed by atoms with Gasteiger partial charge in [0.1, 0.15) is 5.76 Å². The second-order valence-corrected chi connectivity index (χ2v) is 2.87. The van der Waals surface area contributed by atoms with E-state index < -0.39 is 16.4 Å². The molecule has 2 rings (SSSR count). The maximum atomic E-state index is 13.2. The number of nitro groups is 1. The minimum atomic E-state index is -0.867. The van der Waals surface area contributed by atoms with Gasteiger partial charge in [0.2, 0.25) is 5.82 Å². The van der Waals surface area contributed by atoms with E-state index >= 15 is 0 Å². The summed E-state index contributed by atoms with van der Waals surface area (Å²) in [6, 6.07) is 7.02. The summed E-state index contributed by atoms with van der Waals surface area (Å²) in [5, 5.41) is 10.7. The number of hydrogen-bond acceptors (Lipinski definition) is 3. The lowest BCUT2D eigenvalue weighted by atomic mass is 10.1. The number of nitro benzene ring substituents is 1. The van der Waals surface area contributed by atoms with Crippen LogP contribution in [-0.4, -0.2) is 4.92 Å². The fourth-order valence-electron chi connectivity index (χ4n) is 1.33. The molecule has 0 atom stereocenters. The highest BCUT2D eigenvalue weighted by atomic mass is 19.1. The average molecular weight is 207 g/mol. The third-order valence-corrected chi connectivity index (χ3v) is 1.96. The van der Waals surface area contributed by atoms with Crippen molar-refractivity contribution >= 4 is 5.69 Å². The molecular weight excluding hydrogens is 201 g/mol. The van der Waals surface area contributed by atoms with Gasteiger partial charge in [0.05, 0.1) is 16.7 Å². The minimum Gasteiger partial charge on any atom is -0.464 e. The predicted octanol–water partition coefficient (Wildman–Crippen LogP) is 2.99. The largest absolute Gasteiger partial charge is 0.464 e. The molecule has 0 amide bonds. The van der Waals surface area contributed by atoms with E-state index in [1.54, 1.807) is 12.1 Å². The molecule has 4 nitrogen and oxygen atoms in total. The predicted molar refractivity (Wildman–Crippen MR) is 50.8 cm³/mol. The van der Waals surface area contributed by atoms with E-state index in [0.717, 1.165) is 6.07 Å². The first-order chi connectivity index (χ1) is 7.20. The van der Waals surface area contributed by atoms with Gasteiger partial charge in [-0.25, -0.2) is 0 Å².